The Kier molecular flexibility index (Phi) is 9.95. The van der Waals surface area contributed by atoms with Gasteiger partial charge in [0.25, 0.3) is 0 Å². The number of alkyl halides is 3. The third kappa shape index (κ3) is 7.88. The molecule has 0 saturated carbocycles. The first kappa shape index (κ1) is 28.3. The number of benzene rings is 1. The number of carbonyl (C=O) groups excluding carboxylic acids is 1. The zero-order valence-electron chi connectivity index (χ0n) is 19.8. The fourth-order valence-corrected chi connectivity index (χ4v) is 3.55. The summed E-state index contributed by atoms with van der Waals surface area (Å²) in [5, 5.41) is 9.79. The largest absolute Gasteiger partial charge is 0.485 e. The van der Waals surface area contributed by atoms with Gasteiger partial charge in [-0.05, 0) is 43.3 Å². The topological polar surface area (TPSA) is 144 Å². The molecule has 0 aliphatic rings. The van der Waals surface area contributed by atoms with Crippen LogP contribution in [-0.4, -0.2) is 50.4 Å². The van der Waals surface area contributed by atoms with Crippen LogP contribution in [0, 0.1) is 5.82 Å². The molecule has 0 aliphatic heterocycles. The maximum atomic E-state index is 13.1. The molecule has 0 unspecified atom stereocenters. The molecule has 4 rings (SSSR count). The molecule has 5 N–H and O–H groups in total. The van der Waals surface area contributed by atoms with E-state index in [9.17, 15) is 22.4 Å². The van der Waals surface area contributed by atoms with E-state index in [4.69, 9.17) is 4.74 Å². The monoisotopic (exact) mass is 550 g/mol. The predicted molar refractivity (Wildman–Crippen MR) is 135 cm³/mol. The quantitative estimate of drug-likeness (QED) is 0.124. The number of aromatic nitrogens is 5. The van der Waals surface area contributed by atoms with E-state index in [1.54, 1.807) is 6.07 Å². The summed E-state index contributed by atoms with van der Waals surface area (Å²) in [6.45, 7) is -0.0780. The summed E-state index contributed by atoms with van der Waals surface area (Å²) in [5.74, 6) is -0.875. The second-order valence-electron chi connectivity index (χ2n) is 7.17. The smallest absolute Gasteiger partial charge is 0.399 e. The molecule has 3 aromatic heterocycles. The average Bonchev–Trinajstić information content (AvgIpc) is 3.32. The lowest BCUT2D eigenvalue weighted by molar-refractivity contribution is -0.105. The lowest BCUT2D eigenvalue weighted by atomic mass is 10.1. The Hall–Kier alpha value is -4.24. The van der Waals surface area contributed by atoms with Gasteiger partial charge in [-0.25, -0.2) is 9.37 Å². The number of nitrogens with zero attached hydrogens (tertiary/aromatic N) is 4. The van der Waals surface area contributed by atoms with Crippen LogP contribution in [0.2, 0.25) is 0 Å². The van der Waals surface area contributed by atoms with Crippen molar-refractivity contribution in [3.8, 4) is 17.0 Å². The molecule has 0 aliphatic carbocycles. The number of aromatic amines is 1. The lowest BCUT2D eigenvalue weighted by Gasteiger charge is -2.15. The number of nitrogens with one attached hydrogen (secondary N) is 3. The molecule has 0 fully saturated rings. The van der Waals surface area contributed by atoms with Crippen LogP contribution in [0.5, 0.6) is 5.75 Å². The third-order valence-corrected chi connectivity index (χ3v) is 5.42. The van der Waals surface area contributed by atoms with E-state index in [-0.39, 0.29) is 29.4 Å². The van der Waals surface area contributed by atoms with Crippen molar-refractivity contribution < 1.29 is 27.1 Å². The third-order valence-electron chi connectivity index (χ3n) is 4.58. The molecule has 1 aromatic carbocycles. The maximum Gasteiger partial charge on any atom is 0.399 e. The van der Waals surface area contributed by atoms with Crippen LogP contribution >= 0.6 is 11.9 Å². The first-order chi connectivity index (χ1) is 18.3. The Morgan fingerprint density at radius 3 is 2.61 bits per heavy atom. The summed E-state index contributed by atoms with van der Waals surface area (Å²) in [4.78, 5) is 23.8. The van der Waals surface area contributed by atoms with E-state index in [1.165, 1.54) is 49.9 Å². The van der Waals surface area contributed by atoms with Crippen molar-refractivity contribution in [1.29, 1.82) is 0 Å². The Balaban J connectivity index is 0.00000195. The van der Waals surface area contributed by atoms with E-state index in [2.05, 4.69) is 40.9 Å². The van der Waals surface area contributed by atoms with E-state index in [0.717, 1.165) is 6.20 Å². The molecular formula is C23H22F4N8O2S. The normalized spacial score (nSPS) is 10.8. The van der Waals surface area contributed by atoms with Crippen LogP contribution < -0.4 is 20.5 Å². The lowest BCUT2D eigenvalue weighted by Crippen LogP contribution is -2.12. The Labute approximate surface area is 218 Å². The van der Waals surface area contributed by atoms with Crippen LogP contribution in [0.15, 0.2) is 55.1 Å². The van der Waals surface area contributed by atoms with Gasteiger partial charge in [-0.3, -0.25) is 19.9 Å². The summed E-state index contributed by atoms with van der Waals surface area (Å²) in [7, 11) is 1.50. The molecule has 15 heteroatoms. The van der Waals surface area contributed by atoms with Crippen LogP contribution in [-0.2, 0) is 6.61 Å². The van der Waals surface area contributed by atoms with Crippen LogP contribution in [0.3, 0.4) is 0 Å². The van der Waals surface area contributed by atoms with E-state index in [0.29, 0.717) is 41.0 Å². The van der Waals surface area contributed by atoms with Gasteiger partial charge in [0.15, 0.2) is 12.1 Å². The number of carbonyl (C=O) groups is 1. The number of halogens is 4. The molecular weight excluding hydrogens is 528 g/mol. The zero-order chi connectivity index (χ0) is 27.5. The summed E-state index contributed by atoms with van der Waals surface area (Å²) in [6, 6.07) is 7.28. The first-order valence-electron chi connectivity index (χ1n) is 10.8. The molecule has 0 bridgehead atoms. The van der Waals surface area contributed by atoms with Gasteiger partial charge in [0, 0.05) is 18.0 Å². The van der Waals surface area contributed by atoms with E-state index < -0.39 is 17.7 Å². The second-order valence-corrected chi connectivity index (χ2v) is 7.95. The van der Waals surface area contributed by atoms with Gasteiger partial charge in [-0.1, -0.05) is 6.07 Å². The minimum Gasteiger partial charge on any atom is -0.485 e. The van der Waals surface area contributed by atoms with Gasteiger partial charge in [-0.2, -0.15) is 18.3 Å². The van der Waals surface area contributed by atoms with Crippen LogP contribution in [0.4, 0.5) is 34.9 Å². The number of pyridine rings is 1. The van der Waals surface area contributed by atoms with E-state index >= 15 is 0 Å². The molecule has 0 saturated heterocycles. The summed E-state index contributed by atoms with van der Waals surface area (Å²) < 4.78 is 59.4. The number of hydrogen-bond donors (Lipinski definition) is 4. The predicted octanol–water partition coefficient (Wildman–Crippen LogP) is 4.73. The highest BCUT2D eigenvalue weighted by molar-refractivity contribution is 8.00. The number of rotatable bonds is 10. The van der Waals surface area contributed by atoms with Gasteiger partial charge in [0.2, 0.25) is 0 Å². The zero-order valence-corrected chi connectivity index (χ0v) is 20.6. The van der Waals surface area contributed by atoms with Crippen molar-refractivity contribution in [2.75, 3.05) is 22.8 Å². The van der Waals surface area contributed by atoms with Gasteiger partial charge in [0.05, 0.1) is 35.0 Å². The summed E-state index contributed by atoms with van der Waals surface area (Å²) >= 11 is 0.446. The number of aldehydes is 1. The molecule has 0 spiro atoms. The molecule has 0 radical (unpaired) electrons. The van der Waals surface area contributed by atoms with Crippen molar-refractivity contribution >= 4 is 35.6 Å². The highest BCUT2D eigenvalue weighted by atomic mass is 32.2. The van der Waals surface area contributed by atoms with Crippen LogP contribution in [0.25, 0.3) is 11.3 Å². The van der Waals surface area contributed by atoms with Crippen LogP contribution in [0.1, 0.15) is 16.1 Å². The number of H-pyrrole nitrogens is 1. The molecule has 38 heavy (non-hydrogen) atoms. The molecule has 4 aromatic rings. The van der Waals surface area contributed by atoms with Crippen molar-refractivity contribution in [2.24, 2.45) is 5.73 Å². The van der Waals surface area contributed by atoms with Gasteiger partial charge < -0.3 is 20.5 Å². The number of ether oxygens (including phenoxy) is 1. The standard InChI is InChI=1S/C22H17F4N7O2S.CH5N/c23-14-2-3-15(29-8-14)11-35-18-7-13(1-4-17(18)33-36-12-22(24,25)26)20-16(10-34)21(32-31-20)30-19-9-27-5-6-28-19;1-2/h1-10,33H,11-12H2,(H2,28,30,31,32);2H2,1H3. The highest BCUT2D eigenvalue weighted by Gasteiger charge is 2.27. The summed E-state index contributed by atoms with van der Waals surface area (Å²) in [5.41, 5.74) is 6.18. The van der Waals surface area contributed by atoms with E-state index in [1.807, 2.05) is 0 Å². The Morgan fingerprint density at radius 2 is 1.95 bits per heavy atom. The molecule has 0 atom stereocenters. The minimum atomic E-state index is -4.36. The molecule has 200 valence electrons. The van der Waals surface area contributed by atoms with Crippen molar-refractivity contribution in [1.82, 2.24) is 25.1 Å². The maximum absolute atomic E-state index is 13.1. The number of nitrogens with two attached hydrogens (primary N) is 1. The number of hydrogen-bond acceptors (Lipinski definition) is 10. The van der Waals surface area contributed by atoms with Crippen molar-refractivity contribution in [3.63, 3.8) is 0 Å². The molecule has 3 heterocycles. The molecule has 0 amide bonds. The average molecular weight is 551 g/mol. The van der Waals surface area contributed by atoms with Gasteiger partial charge >= 0.3 is 6.18 Å². The summed E-state index contributed by atoms with van der Waals surface area (Å²) in [6.07, 6.45) is 1.69. The highest BCUT2D eigenvalue weighted by Crippen LogP contribution is 2.35. The SMILES string of the molecule is CN.O=Cc1c(Nc2cnccn2)n[nH]c1-c1ccc(NSCC(F)(F)F)c(OCc2ccc(F)cn2)c1. The Bertz CT molecular complexity index is 1320. The Morgan fingerprint density at radius 1 is 1.13 bits per heavy atom. The molecule has 10 nitrogen and oxygen atoms in total. The second kappa shape index (κ2) is 13.3. The minimum absolute atomic E-state index is 0.0780. The van der Waals surface area contributed by atoms with Crippen molar-refractivity contribution in [3.05, 3.63) is 72.2 Å². The first-order valence-corrected chi connectivity index (χ1v) is 11.8. The van der Waals surface area contributed by atoms with Gasteiger partial charge in [-0.15, -0.1) is 0 Å². The van der Waals surface area contributed by atoms with Gasteiger partial charge in [0.1, 0.15) is 29.7 Å². The fourth-order valence-electron chi connectivity index (χ4n) is 2.99. The fraction of sp³-hybridized carbons (Fsp3) is 0.174. The number of anilines is 3. The van der Waals surface area contributed by atoms with Crippen molar-refractivity contribution in [2.45, 2.75) is 12.8 Å².